The Bertz CT molecular complexity index is 1590. The van der Waals surface area contributed by atoms with E-state index in [2.05, 4.69) is 31.5 Å². The fourth-order valence-corrected chi connectivity index (χ4v) is 5.97. The number of hydrogen-bond acceptors (Lipinski definition) is 6. The molecule has 2 aromatic carbocycles. The number of pyridine rings is 1. The van der Waals surface area contributed by atoms with Crippen molar-refractivity contribution in [2.24, 2.45) is 0 Å². The summed E-state index contributed by atoms with van der Waals surface area (Å²) < 4.78 is 30.1. The largest absolute Gasteiger partial charge is 0.354 e. The maximum Gasteiger partial charge on any atom is 0.270 e. The van der Waals surface area contributed by atoms with Crippen molar-refractivity contribution in [1.29, 1.82) is 0 Å². The van der Waals surface area contributed by atoms with Gasteiger partial charge in [0.15, 0.2) is 0 Å². The van der Waals surface area contributed by atoms with Crippen LogP contribution in [0.4, 0.5) is 5.69 Å². The van der Waals surface area contributed by atoms with Crippen molar-refractivity contribution in [3.05, 3.63) is 82.2 Å². The Labute approximate surface area is 236 Å². The fraction of sp³-hybridized carbons (Fsp3) is 0.321. The molecule has 0 spiro atoms. The molecule has 0 radical (unpaired) electrons. The standard InChI is InChI=1S/C28H31BrN6O3S/c1-30-28(36)27-24-15-23(20-6-7-20)26(16-25(24)33-35(27)22-10-8-21(29)9-11-22)34(39(2,37)38)14-4-13-32-18-19-5-3-12-31-17-19/h3,5,8-12,15-17,20,32H,4,6-7,13-14,18H2,1-2H3,(H,30,36). The molecule has 2 heterocycles. The number of amides is 1. The first kappa shape index (κ1) is 27.3. The Morgan fingerprint density at radius 1 is 1.18 bits per heavy atom. The molecule has 0 bridgehead atoms. The molecule has 0 aliphatic heterocycles. The summed E-state index contributed by atoms with van der Waals surface area (Å²) in [7, 11) is -1.96. The predicted molar refractivity (Wildman–Crippen MR) is 157 cm³/mol. The van der Waals surface area contributed by atoms with Gasteiger partial charge < -0.3 is 10.6 Å². The van der Waals surface area contributed by atoms with Gasteiger partial charge in [0, 0.05) is 42.4 Å². The third kappa shape index (κ3) is 6.15. The second-order valence-electron chi connectivity index (χ2n) is 9.75. The third-order valence-corrected chi connectivity index (χ3v) is 8.49. The Balaban J connectivity index is 1.50. The van der Waals surface area contributed by atoms with Crippen LogP contribution in [-0.2, 0) is 16.6 Å². The molecule has 1 amide bonds. The summed E-state index contributed by atoms with van der Waals surface area (Å²) >= 11 is 3.45. The van der Waals surface area contributed by atoms with E-state index in [1.807, 2.05) is 54.7 Å². The first-order chi connectivity index (χ1) is 18.8. The fourth-order valence-electron chi connectivity index (χ4n) is 4.73. The zero-order chi connectivity index (χ0) is 27.6. The normalized spacial score (nSPS) is 13.5. The molecule has 1 saturated carbocycles. The molecule has 9 nitrogen and oxygen atoms in total. The Hall–Kier alpha value is -3.28. The van der Waals surface area contributed by atoms with Crippen LogP contribution in [0.5, 0.6) is 0 Å². The van der Waals surface area contributed by atoms with E-state index in [9.17, 15) is 13.2 Å². The summed E-state index contributed by atoms with van der Waals surface area (Å²) in [4.78, 5) is 17.2. The highest BCUT2D eigenvalue weighted by Crippen LogP contribution is 2.46. The number of nitrogens with one attached hydrogen (secondary N) is 2. The summed E-state index contributed by atoms with van der Waals surface area (Å²) in [6.45, 7) is 1.66. The lowest BCUT2D eigenvalue weighted by Gasteiger charge is -2.25. The maximum absolute atomic E-state index is 13.0. The average molecular weight is 612 g/mol. The van der Waals surface area contributed by atoms with Crippen LogP contribution in [0.3, 0.4) is 0 Å². The van der Waals surface area contributed by atoms with Crippen LogP contribution in [-0.4, -0.2) is 55.5 Å². The van der Waals surface area contributed by atoms with Gasteiger partial charge in [-0.2, -0.15) is 5.10 Å². The average Bonchev–Trinajstić information content (AvgIpc) is 3.70. The molecular formula is C28H31BrN6O3S. The number of halogens is 1. The van der Waals surface area contributed by atoms with Gasteiger partial charge in [0.05, 0.1) is 23.1 Å². The van der Waals surface area contributed by atoms with Crippen molar-refractivity contribution in [3.63, 3.8) is 0 Å². The number of carbonyl (C=O) groups excluding carboxylic acids is 1. The van der Waals surface area contributed by atoms with Crippen molar-refractivity contribution >= 4 is 48.5 Å². The summed E-state index contributed by atoms with van der Waals surface area (Å²) in [5.41, 5.74) is 4.39. The Morgan fingerprint density at radius 3 is 2.59 bits per heavy atom. The number of benzene rings is 2. The number of carbonyl (C=O) groups is 1. The molecule has 2 N–H and O–H groups in total. The highest BCUT2D eigenvalue weighted by atomic mass is 79.9. The molecule has 5 rings (SSSR count). The summed E-state index contributed by atoms with van der Waals surface area (Å²) in [6, 6.07) is 15.2. The van der Waals surface area contributed by atoms with Gasteiger partial charge in [-0.3, -0.25) is 14.1 Å². The van der Waals surface area contributed by atoms with Gasteiger partial charge in [-0.1, -0.05) is 22.0 Å². The van der Waals surface area contributed by atoms with Crippen LogP contribution in [0.25, 0.3) is 16.6 Å². The van der Waals surface area contributed by atoms with E-state index in [1.165, 1.54) is 10.6 Å². The smallest absolute Gasteiger partial charge is 0.270 e. The Kier molecular flexibility index (Phi) is 8.01. The number of aromatic nitrogens is 3. The highest BCUT2D eigenvalue weighted by molar-refractivity contribution is 9.10. The van der Waals surface area contributed by atoms with Crippen LogP contribution in [0.1, 0.15) is 46.8 Å². The van der Waals surface area contributed by atoms with E-state index in [4.69, 9.17) is 5.10 Å². The molecule has 39 heavy (non-hydrogen) atoms. The second kappa shape index (κ2) is 11.4. The minimum atomic E-state index is -3.56. The van der Waals surface area contributed by atoms with E-state index in [-0.39, 0.29) is 11.8 Å². The van der Waals surface area contributed by atoms with Crippen LogP contribution in [0, 0.1) is 0 Å². The molecule has 0 saturated heterocycles. The van der Waals surface area contributed by atoms with E-state index < -0.39 is 10.0 Å². The van der Waals surface area contributed by atoms with Crippen molar-refractivity contribution in [3.8, 4) is 5.69 Å². The number of rotatable bonds is 11. The van der Waals surface area contributed by atoms with Crippen molar-refractivity contribution in [2.45, 2.75) is 31.7 Å². The quantitative estimate of drug-likeness (QED) is 0.244. The van der Waals surface area contributed by atoms with Crippen molar-refractivity contribution in [1.82, 2.24) is 25.4 Å². The lowest BCUT2D eigenvalue weighted by molar-refractivity contribution is 0.0957. The van der Waals surface area contributed by atoms with Gasteiger partial charge in [0.2, 0.25) is 10.0 Å². The molecule has 0 atom stereocenters. The van der Waals surface area contributed by atoms with Crippen molar-refractivity contribution < 1.29 is 13.2 Å². The summed E-state index contributed by atoms with van der Waals surface area (Å²) in [5, 5.41) is 11.6. The first-order valence-electron chi connectivity index (χ1n) is 12.9. The number of fused-ring (bicyclic) bond motifs is 1. The van der Waals surface area contributed by atoms with Gasteiger partial charge >= 0.3 is 0 Å². The first-order valence-corrected chi connectivity index (χ1v) is 15.5. The molecule has 0 unspecified atom stereocenters. The molecule has 204 valence electrons. The second-order valence-corrected chi connectivity index (χ2v) is 12.6. The monoisotopic (exact) mass is 610 g/mol. The van der Waals surface area contributed by atoms with Crippen LogP contribution in [0.2, 0.25) is 0 Å². The highest BCUT2D eigenvalue weighted by Gasteiger charge is 2.32. The van der Waals surface area contributed by atoms with Crippen LogP contribution in [0.15, 0.2) is 65.4 Å². The molecular weight excluding hydrogens is 580 g/mol. The predicted octanol–water partition coefficient (Wildman–Crippen LogP) is 4.37. The zero-order valence-corrected chi connectivity index (χ0v) is 24.3. The minimum absolute atomic E-state index is 0.255. The molecule has 2 aromatic heterocycles. The SMILES string of the molecule is CNC(=O)c1c2cc(C3CC3)c(N(CCCNCc3cccnc3)S(C)(=O)=O)cc2nn1-c1ccc(Br)cc1. The third-order valence-electron chi connectivity index (χ3n) is 6.79. The maximum atomic E-state index is 13.0. The molecule has 1 aliphatic rings. The molecule has 1 aliphatic carbocycles. The topological polar surface area (TPSA) is 109 Å². The number of nitrogens with zero attached hydrogens (tertiary/aromatic N) is 4. The van der Waals surface area contributed by atoms with Gasteiger partial charge in [-0.15, -0.1) is 0 Å². The Morgan fingerprint density at radius 2 is 1.95 bits per heavy atom. The van der Waals surface area contributed by atoms with E-state index >= 15 is 0 Å². The summed E-state index contributed by atoms with van der Waals surface area (Å²) in [5.74, 6) is 0.000462. The van der Waals surface area contributed by atoms with Crippen LogP contribution < -0.4 is 14.9 Å². The summed E-state index contributed by atoms with van der Waals surface area (Å²) in [6.07, 6.45) is 7.40. The van der Waals surface area contributed by atoms with Crippen LogP contribution >= 0.6 is 15.9 Å². The van der Waals surface area contributed by atoms with E-state index in [0.717, 1.165) is 34.1 Å². The van der Waals surface area contributed by atoms with Crippen molar-refractivity contribution in [2.75, 3.05) is 30.7 Å². The number of hydrogen-bond donors (Lipinski definition) is 2. The van der Waals surface area contributed by atoms with Gasteiger partial charge in [-0.25, -0.2) is 13.1 Å². The van der Waals surface area contributed by atoms with E-state index in [0.29, 0.717) is 48.3 Å². The minimum Gasteiger partial charge on any atom is -0.354 e. The molecule has 11 heteroatoms. The lowest BCUT2D eigenvalue weighted by Crippen LogP contribution is -2.33. The van der Waals surface area contributed by atoms with Gasteiger partial charge in [-0.05, 0) is 85.3 Å². The molecule has 4 aromatic rings. The number of sulfonamides is 1. The van der Waals surface area contributed by atoms with Gasteiger partial charge in [0.25, 0.3) is 5.91 Å². The zero-order valence-electron chi connectivity index (χ0n) is 21.9. The lowest BCUT2D eigenvalue weighted by atomic mass is 10.0. The van der Waals surface area contributed by atoms with E-state index in [1.54, 1.807) is 17.9 Å². The molecule has 1 fully saturated rings. The number of anilines is 1. The van der Waals surface area contributed by atoms with Gasteiger partial charge in [0.1, 0.15) is 5.69 Å².